The molecular formula is C23H21F2NO3. The van der Waals surface area contributed by atoms with Crippen LogP contribution in [0.4, 0.5) is 8.78 Å². The Hall–Kier alpha value is -2.86. The summed E-state index contributed by atoms with van der Waals surface area (Å²) in [5, 5.41) is 10.5. The topological polar surface area (TPSA) is 70.2 Å². The van der Waals surface area contributed by atoms with Crippen molar-refractivity contribution in [2.45, 2.75) is 38.7 Å². The average molecular weight is 397 g/mol. The molecule has 1 heterocycles. The second kappa shape index (κ2) is 7.52. The van der Waals surface area contributed by atoms with Gasteiger partial charge in [0.25, 0.3) is 5.56 Å². The highest BCUT2D eigenvalue weighted by Gasteiger charge is 2.28. The van der Waals surface area contributed by atoms with Gasteiger partial charge in [-0.15, -0.1) is 0 Å². The second-order valence-corrected chi connectivity index (χ2v) is 7.82. The van der Waals surface area contributed by atoms with Crippen molar-refractivity contribution >= 4 is 16.6 Å². The van der Waals surface area contributed by atoms with E-state index in [1.54, 1.807) is 18.2 Å². The number of hydrogen-bond acceptors (Lipinski definition) is 3. The summed E-state index contributed by atoms with van der Waals surface area (Å²) in [7, 11) is 0. The Morgan fingerprint density at radius 1 is 1.14 bits per heavy atom. The average Bonchev–Trinajstić information content (AvgIpc) is 2.64. The lowest BCUT2D eigenvalue weighted by atomic mass is 9.79. The van der Waals surface area contributed by atoms with Crippen molar-refractivity contribution in [3.8, 4) is 11.3 Å². The van der Waals surface area contributed by atoms with Crippen LogP contribution in [0.15, 0.2) is 41.2 Å². The first-order chi connectivity index (χ1) is 13.8. The number of aliphatic hydroxyl groups is 1. The van der Waals surface area contributed by atoms with E-state index in [-0.39, 0.29) is 35.3 Å². The third-order valence-corrected chi connectivity index (χ3v) is 5.73. The van der Waals surface area contributed by atoms with E-state index in [9.17, 15) is 23.5 Å². The number of benzene rings is 2. The first-order valence-corrected chi connectivity index (χ1v) is 9.67. The lowest BCUT2D eigenvalue weighted by molar-refractivity contribution is 0.0377. The SMILES string of the molecule is Cc1cccc2c(=O)[nH]c(-c3cc(F)c(C(=O)CCC4CC(O)C4)c(F)c3)cc12. The fraction of sp³-hybridized carbons (Fsp3) is 0.304. The number of aliphatic hydroxyl groups excluding tert-OH is 1. The minimum atomic E-state index is -0.940. The van der Waals surface area contributed by atoms with Crippen LogP contribution < -0.4 is 5.56 Å². The van der Waals surface area contributed by atoms with Crippen molar-refractivity contribution < 1.29 is 18.7 Å². The van der Waals surface area contributed by atoms with E-state index in [2.05, 4.69) is 4.98 Å². The Kier molecular flexibility index (Phi) is 5.04. The highest BCUT2D eigenvalue weighted by atomic mass is 19.1. The maximum absolute atomic E-state index is 14.6. The fourth-order valence-electron chi connectivity index (χ4n) is 3.99. The molecule has 6 heteroatoms. The minimum absolute atomic E-state index is 0.0383. The van der Waals surface area contributed by atoms with Gasteiger partial charge in [-0.3, -0.25) is 9.59 Å². The third kappa shape index (κ3) is 3.72. The summed E-state index contributed by atoms with van der Waals surface area (Å²) < 4.78 is 29.3. The molecule has 0 bridgehead atoms. The molecule has 2 N–H and O–H groups in total. The molecule has 0 amide bonds. The number of H-pyrrole nitrogens is 1. The summed E-state index contributed by atoms with van der Waals surface area (Å²) in [5.74, 6) is -2.24. The van der Waals surface area contributed by atoms with Gasteiger partial charge in [0.05, 0.1) is 11.7 Å². The van der Waals surface area contributed by atoms with Crippen LogP contribution in [0.1, 0.15) is 41.6 Å². The number of carbonyl (C=O) groups is 1. The number of fused-ring (bicyclic) bond motifs is 1. The maximum Gasteiger partial charge on any atom is 0.256 e. The van der Waals surface area contributed by atoms with Crippen LogP contribution in [0.2, 0.25) is 0 Å². The quantitative estimate of drug-likeness (QED) is 0.622. The molecule has 1 fully saturated rings. The van der Waals surface area contributed by atoms with E-state index in [0.717, 1.165) is 17.7 Å². The molecule has 150 valence electrons. The summed E-state index contributed by atoms with van der Waals surface area (Å²) in [6.07, 6.45) is 1.48. The molecule has 1 aromatic heterocycles. The van der Waals surface area contributed by atoms with Gasteiger partial charge in [0, 0.05) is 23.1 Å². The molecule has 0 atom stereocenters. The Bertz CT molecular complexity index is 1140. The summed E-state index contributed by atoms with van der Waals surface area (Å²) >= 11 is 0. The van der Waals surface area contributed by atoms with Gasteiger partial charge in [-0.1, -0.05) is 12.1 Å². The maximum atomic E-state index is 14.6. The molecule has 1 aliphatic carbocycles. The number of ketones is 1. The van der Waals surface area contributed by atoms with Crippen molar-refractivity contribution in [3.05, 3.63) is 69.5 Å². The zero-order chi connectivity index (χ0) is 20.7. The highest BCUT2D eigenvalue weighted by Crippen LogP contribution is 2.32. The van der Waals surface area contributed by atoms with E-state index in [1.807, 2.05) is 13.0 Å². The summed E-state index contributed by atoms with van der Waals surface area (Å²) in [4.78, 5) is 27.4. The number of aromatic nitrogens is 1. The third-order valence-electron chi connectivity index (χ3n) is 5.73. The lowest BCUT2D eigenvalue weighted by Crippen LogP contribution is -2.28. The molecule has 0 aliphatic heterocycles. The molecule has 0 radical (unpaired) electrons. The Morgan fingerprint density at radius 2 is 1.83 bits per heavy atom. The number of hydrogen-bond donors (Lipinski definition) is 2. The van der Waals surface area contributed by atoms with Gasteiger partial charge >= 0.3 is 0 Å². The number of halogens is 2. The lowest BCUT2D eigenvalue weighted by Gasteiger charge is -2.31. The van der Waals surface area contributed by atoms with E-state index < -0.39 is 23.0 Å². The van der Waals surface area contributed by atoms with Crippen LogP contribution in [-0.2, 0) is 0 Å². The number of rotatable bonds is 5. The van der Waals surface area contributed by atoms with Gasteiger partial charge in [0.2, 0.25) is 0 Å². The Morgan fingerprint density at radius 3 is 2.48 bits per heavy atom. The highest BCUT2D eigenvalue weighted by molar-refractivity contribution is 5.97. The fourth-order valence-corrected chi connectivity index (χ4v) is 3.99. The van der Waals surface area contributed by atoms with Crippen LogP contribution in [0.5, 0.6) is 0 Å². The largest absolute Gasteiger partial charge is 0.393 e. The van der Waals surface area contributed by atoms with Crippen LogP contribution in [0.25, 0.3) is 22.0 Å². The first-order valence-electron chi connectivity index (χ1n) is 9.67. The van der Waals surface area contributed by atoms with Crippen molar-refractivity contribution in [1.29, 1.82) is 0 Å². The van der Waals surface area contributed by atoms with Crippen LogP contribution >= 0.6 is 0 Å². The molecule has 1 saturated carbocycles. The monoisotopic (exact) mass is 397 g/mol. The van der Waals surface area contributed by atoms with Gasteiger partial charge < -0.3 is 10.1 Å². The van der Waals surface area contributed by atoms with E-state index in [0.29, 0.717) is 30.0 Å². The van der Waals surface area contributed by atoms with E-state index in [1.165, 1.54) is 0 Å². The molecule has 3 aromatic rings. The van der Waals surface area contributed by atoms with Crippen molar-refractivity contribution in [2.75, 3.05) is 0 Å². The molecule has 1 aliphatic rings. The first kappa shape index (κ1) is 19.5. The summed E-state index contributed by atoms with van der Waals surface area (Å²) in [5.41, 5.74) is 0.444. The number of pyridine rings is 1. The van der Waals surface area contributed by atoms with Gasteiger partial charge in [0.1, 0.15) is 11.6 Å². The summed E-state index contributed by atoms with van der Waals surface area (Å²) in [6.45, 7) is 1.86. The number of carbonyl (C=O) groups excluding carboxylic acids is 1. The number of aromatic amines is 1. The zero-order valence-electron chi connectivity index (χ0n) is 16.0. The second-order valence-electron chi connectivity index (χ2n) is 7.82. The molecule has 0 saturated heterocycles. The Labute approximate surface area is 166 Å². The number of nitrogens with one attached hydrogen (secondary N) is 1. The summed E-state index contributed by atoms with van der Waals surface area (Å²) in [6, 6.07) is 9.17. The molecule has 4 nitrogen and oxygen atoms in total. The minimum Gasteiger partial charge on any atom is -0.393 e. The van der Waals surface area contributed by atoms with Crippen LogP contribution in [-0.4, -0.2) is 22.0 Å². The standard InChI is InChI=1S/C23H21F2NO3/c1-12-3-2-4-16-17(12)11-20(26-23(16)29)14-9-18(24)22(19(25)10-14)21(28)6-5-13-7-15(27)8-13/h2-4,9-11,13,15,27H,5-8H2,1H3,(H,26,29). The zero-order valence-corrected chi connectivity index (χ0v) is 16.0. The van der Waals surface area contributed by atoms with Crippen molar-refractivity contribution in [2.24, 2.45) is 5.92 Å². The molecule has 29 heavy (non-hydrogen) atoms. The van der Waals surface area contributed by atoms with Gasteiger partial charge in [-0.2, -0.15) is 0 Å². The van der Waals surface area contributed by atoms with Crippen molar-refractivity contribution in [3.63, 3.8) is 0 Å². The molecule has 2 aromatic carbocycles. The normalized spacial score (nSPS) is 18.6. The van der Waals surface area contributed by atoms with E-state index in [4.69, 9.17) is 0 Å². The molecule has 0 unspecified atom stereocenters. The molecule has 0 spiro atoms. The Balaban J connectivity index is 1.65. The number of Topliss-reactive ketones (excluding diaryl/α,β-unsaturated/α-hetero) is 1. The smallest absolute Gasteiger partial charge is 0.256 e. The number of aryl methyl sites for hydroxylation is 1. The predicted molar refractivity (Wildman–Crippen MR) is 107 cm³/mol. The van der Waals surface area contributed by atoms with Crippen LogP contribution in [0.3, 0.4) is 0 Å². The van der Waals surface area contributed by atoms with Crippen molar-refractivity contribution in [1.82, 2.24) is 4.98 Å². The van der Waals surface area contributed by atoms with Gasteiger partial charge in [0.15, 0.2) is 5.78 Å². The van der Waals surface area contributed by atoms with Crippen LogP contribution in [0, 0.1) is 24.5 Å². The van der Waals surface area contributed by atoms with Gasteiger partial charge in [-0.05, 0) is 67.3 Å². The van der Waals surface area contributed by atoms with Gasteiger partial charge in [-0.25, -0.2) is 8.78 Å². The van der Waals surface area contributed by atoms with E-state index >= 15 is 0 Å². The predicted octanol–water partition coefficient (Wildman–Crippen LogP) is 4.52. The molecule has 4 rings (SSSR count). The molecular weight excluding hydrogens is 376 g/mol.